The number of rotatable bonds is 5. The monoisotopic (exact) mass is 261 g/mol. The second-order valence-corrected chi connectivity index (χ2v) is 5.31. The van der Waals surface area contributed by atoms with E-state index >= 15 is 0 Å². The number of nitrogens with two attached hydrogens (primary N) is 1. The first-order valence-electron chi connectivity index (χ1n) is 7.19. The van der Waals surface area contributed by atoms with E-state index in [2.05, 4.69) is 10.3 Å². The van der Waals surface area contributed by atoms with Crippen LogP contribution in [-0.4, -0.2) is 23.5 Å². The lowest BCUT2D eigenvalue weighted by atomic mass is 9.84. The van der Waals surface area contributed by atoms with Gasteiger partial charge < -0.3 is 11.1 Å². The SMILES string of the molecule is NCC(NC(=O)Cc1ccccn1)C1CCCCC1. The Bertz CT molecular complexity index is 388. The van der Waals surface area contributed by atoms with Gasteiger partial charge in [-0.05, 0) is 30.9 Å². The first-order valence-corrected chi connectivity index (χ1v) is 7.19. The van der Waals surface area contributed by atoms with E-state index in [9.17, 15) is 4.79 Å². The normalized spacial score (nSPS) is 17.9. The van der Waals surface area contributed by atoms with Gasteiger partial charge in [0.2, 0.25) is 5.91 Å². The first-order chi connectivity index (χ1) is 9.29. The van der Waals surface area contributed by atoms with Gasteiger partial charge in [-0.15, -0.1) is 0 Å². The Kier molecular flexibility index (Phi) is 5.33. The molecule has 2 rings (SSSR count). The Labute approximate surface area is 114 Å². The quantitative estimate of drug-likeness (QED) is 0.847. The van der Waals surface area contributed by atoms with Crippen molar-refractivity contribution in [3.8, 4) is 0 Å². The minimum atomic E-state index is 0.0275. The first kappa shape index (κ1) is 14.0. The largest absolute Gasteiger partial charge is 0.351 e. The van der Waals surface area contributed by atoms with Crippen LogP contribution in [0.15, 0.2) is 24.4 Å². The van der Waals surface area contributed by atoms with Crippen LogP contribution in [0.5, 0.6) is 0 Å². The van der Waals surface area contributed by atoms with E-state index in [1.807, 2.05) is 18.2 Å². The molecule has 0 aliphatic heterocycles. The molecule has 3 N–H and O–H groups in total. The number of carbonyl (C=O) groups excluding carboxylic acids is 1. The summed E-state index contributed by atoms with van der Waals surface area (Å²) in [4.78, 5) is 16.2. The van der Waals surface area contributed by atoms with Crippen LogP contribution in [0.2, 0.25) is 0 Å². The van der Waals surface area contributed by atoms with Crippen LogP contribution in [0, 0.1) is 5.92 Å². The molecule has 0 aromatic carbocycles. The molecule has 0 radical (unpaired) electrons. The van der Waals surface area contributed by atoms with Crippen LogP contribution >= 0.6 is 0 Å². The molecule has 0 bridgehead atoms. The van der Waals surface area contributed by atoms with Crippen molar-refractivity contribution < 1.29 is 4.79 Å². The zero-order valence-electron chi connectivity index (χ0n) is 11.3. The van der Waals surface area contributed by atoms with E-state index in [4.69, 9.17) is 5.73 Å². The van der Waals surface area contributed by atoms with Crippen LogP contribution in [-0.2, 0) is 11.2 Å². The van der Waals surface area contributed by atoms with E-state index in [1.165, 1.54) is 32.1 Å². The highest BCUT2D eigenvalue weighted by Gasteiger charge is 2.23. The summed E-state index contributed by atoms with van der Waals surface area (Å²) in [6.07, 6.45) is 8.26. The molecule has 1 aromatic heterocycles. The van der Waals surface area contributed by atoms with E-state index in [-0.39, 0.29) is 11.9 Å². The van der Waals surface area contributed by atoms with Crippen LogP contribution in [0.3, 0.4) is 0 Å². The third-order valence-electron chi connectivity index (χ3n) is 3.89. The summed E-state index contributed by atoms with van der Waals surface area (Å²) in [5, 5.41) is 3.08. The number of pyridine rings is 1. The fourth-order valence-electron chi connectivity index (χ4n) is 2.83. The highest BCUT2D eigenvalue weighted by atomic mass is 16.1. The molecular weight excluding hydrogens is 238 g/mol. The van der Waals surface area contributed by atoms with Crippen molar-refractivity contribution in [3.63, 3.8) is 0 Å². The average molecular weight is 261 g/mol. The third-order valence-corrected chi connectivity index (χ3v) is 3.89. The van der Waals surface area contributed by atoms with Gasteiger partial charge >= 0.3 is 0 Å². The molecule has 104 valence electrons. The molecule has 1 amide bonds. The molecule has 1 unspecified atom stereocenters. The van der Waals surface area contributed by atoms with E-state index < -0.39 is 0 Å². The van der Waals surface area contributed by atoms with Gasteiger partial charge in [-0.25, -0.2) is 0 Å². The smallest absolute Gasteiger partial charge is 0.226 e. The van der Waals surface area contributed by atoms with Crippen LogP contribution < -0.4 is 11.1 Å². The van der Waals surface area contributed by atoms with Gasteiger partial charge in [0.05, 0.1) is 6.42 Å². The topological polar surface area (TPSA) is 68.0 Å². The summed E-state index contributed by atoms with van der Waals surface area (Å²) in [7, 11) is 0. The maximum absolute atomic E-state index is 12.0. The van der Waals surface area contributed by atoms with Gasteiger partial charge in [-0.3, -0.25) is 9.78 Å². The van der Waals surface area contributed by atoms with Crippen molar-refractivity contribution in [2.24, 2.45) is 11.7 Å². The highest BCUT2D eigenvalue weighted by molar-refractivity contribution is 5.78. The molecule has 0 spiro atoms. The molecule has 0 saturated heterocycles. The number of carbonyl (C=O) groups is 1. The van der Waals surface area contributed by atoms with Gasteiger partial charge in [0.15, 0.2) is 0 Å². The minimum absolute atomic E-state index is 0.0275. The summed E-state index contributed by atoms with van der Waals surface area (Å²) in [5.41, 5.74) is 6.62. The van der Waals surface area contributed by atoms with Gasteiger partial charge in [-0.2, -0.15) is 0 Å². The second kappa shape index (κ2) is 7.24. The minimum Gasteiger partial charge on any atom is -0.351 e. The lowest BCUT2D eigenvalue weighted by Gasteiger charge is -2.30. The molecule has 4 nitrogen and oxygen atoms in total. The predicted molar refractivity (Wildman–Crippen MR) is 75.5 cm³/mol. The summed E-state index contributed by atoms with van der Waals surface area (Å²) in [5.74, 6) is 0.575. The van der Waals surface area contributed by atoms with Gasteiger partial charge in [0.25, 0.3) is 0 Å². The molecule has 1 aliphatic carbocycles. The van der Waals surface area contributed by atoms with Crippen molar-refractivity contribution in [3.05, 3.63) is 30.1 Å². The lowest BCUT2D eigenvalue weighted by molar-refractivity contribution is -0.121. The summed E-state index contributed by atoms with van der Waals surface area (Å²) in [6.45, 7) is 0.526. The van der Waals surface area contributed by atoms with Crippen molar-refractivity contribution in [1.82, 2.24) is 10.3 Å². The maximum Gasteiger partial charge on any atom is 0.226 e. The van der Waals surface area contributed by atoms with Crippen molar-refractivity contribution >= 4 is 5.91 Å². The fourth-order valence-corrected chi connectivity index (χ4v) is 2.83. The third kappa shape index (κ3) is 4.31. The molecule has 1 aliphatic rings. The molecule has 1 heterocycles. The summed E-state index contributed by atoms with van der Waals surface area (Å²) >= 11 is 0. The Morgan fingerprint density at radius 1 is 1.37 bits per heavy atom. The van der Waals surface area contributed by atoms with Crippen LogP contribution in [0.25, 0.3) is 0 Å². The number of amides is 1. The van der Waals surface area contributed by atoms with E-state index in [0.717, 1.165) is 5.69 Å². The predicted octanol–water partition coefficient (Wildman–Crippen LogP) is 1.65. The molecule has 19 heavy (non-hydrogen) atoms. The number of nitrogens with one attached hydrogen (secondary N) is 1. The van der Waals surface area contributed by atoms with E-state index in [1.54, 1.807) is 6.20 Å². The standard InChI is InChI=1S/C15H23N3O/c16-11-14(12-6-2-1-3-7-12)18-15(19)10-13-8-4-5-9-17-13/h4-5,8-9,12,14H,1-3,6-7,10-11,16H2,(H,18,19). The summed E-state index contributed by atoms with van der Waals surface area (Å²) < 4.78 is 0. The van der Waals surface area contributed by atoms with Crippen molar-refractivity contribution in [1.29, 1.82) is 0 Å². The fraction of sp³-hybridized carbons (Fsp3) is 0.600. The van der Waals surface area contributed by atoms with Gasteiger partial charge in [0.1, 0.15) is 0 Å². The number of hydrogen-bond acceptors (Lipinski definition) is 3. The molecule has 1 fully saturated rings. The number of hydrogen-bond donors (Lipinski definition) is 2. The second-order valence-electron chi connectivity index (χ2n) is 5.31. The molecule has 1 atom stereocenters. The average Bonchev–Trinajstić information content (AvgIpc) is 2.47. The van der Waals surface area contributed by atoms with Gasteiger partial charge in [0, 0.05) is 24.5 Å². The molecule has 1 saturated carbocycles. The van der Waals surface area contributed by atoms with Crippen molar-refractivity contribution in [2.45, 2.75) is 44.6 Å². The van der Waals surface area contributed by atoms with Crippen molar-refractivity contribution in [2.75, 3.05) is 6.54 Å². The van der Waals surface area contributed by atoms with Crippen LogP contribution in [0.1, 0.15) is 37.8 Å². The zero-order valence-corrected chi connectivity index (χ0v) is 11.3. The number of nitrogens with zero attached hydrogens (tertiary/aromatic N) is 1. The molecular formula is C15H23N3O. The number of aromatic nitrogens is 1. The Balaban J connectivity index is 1.85. The Morgan fingerprint density at radius 3 is 2.79 bits per heavy atom. The maximum atomic E-state index is 12.0. The lowest BCUT2D eigenvalue weighted by Crippen LogP contribution is -2.46. The molecule has 4 heteroatoms. The van der Waals surface area contributed by atoms with E-state index in [0.29, 0.717) is 18.9 Å². The van der Waals surface area contributed by atoms with Gasteiger partial charge in [-0.1, -0.05) is 25.3 Å². The Hall–Kier alpha value is -1.42. The highest BCUT2D eigenvalue weighted by Crippen LogP contribution is 2.26. The summed E-state index contributed by atoms with van der Waals surface area (Å²) in [6, 6.07) is 5.75. The zero-order chi connectivity index (χ0) is 13.5. The Morgan fingerprint density at radius 2 is 2.16 bits per heavy atom. The molecule has 1 aromatic rings. The van der Waals surface area contributed by atoms with Crippen LogP contribution in [0.4, 0.5) is 0 Å².